The summed E-state index contributed by atoms with van der Waals surface area (Å²) in [5, 5.41) is 9.31. The third-order valence-corrected chi connectivity index (χ3v) is 5.67. The summed E-state index contributed by atoms with van der Waals surface area (Å²) in [6, 6.07) is 0. The molecule has 0 aromatic carbocycles. The molecule has 0 bridgehead atoms. The zero-order valence-electron chi connectivity index (χ0n) is 17.5. The molecule has 0 aromatic rings. The van der Waals surface area contributed by atoms with Crippen LogP contribution in [0.1, 0.15) is 104 Å². The zero-order valence-corrected chi connectivity index (χ0v) is 17.5. The van der Waals surface area contributed by atoms with Gasteiger partial charge < -0.3 is 9.84 Å². The Labute approximate surface area is 165 Å². The van der Waals surface area contributed by atoms with E-state index in [1.165, 1.54) is 57.8 Å². The predicted octanol–water partition coefficient (Wildman–Crippen LogP) is 6.29. The van der Waals surface area contributed by atoms with Gasteiger partial charge in [-0.3, -0.25) is 9.59 Å². The molecule has 0 spiro atoms. The number of carboxylic acid groups (broad SMARTS) is 1. The quantitative estimate of drug-likeness (QED) is 0.206. The summed E-state index contributed by atoms with van der Waals surface area (Å²) < 4.78 is 5.67. The molecule has 0 aromatic heterocycles. The van der Waals surface area contributed by atoms with Crippen molar-refractivity contribution in [1.82, 2.24) is 0 Å². The molecule has 3 unspecified atom stereocenters. The molecule has 3 atom stereocenters. The number of hydrogen-bond acceptors (Lipinski definition) is 3. The van der Waals surface area contributed by atoms with Crippen molar-refractivity contribution in [1.29, 1.82) is 0 Å². The van der Waals surface area contributed by atoms with Crippen LogP contribution in [0.25, 0.3) is 0 Å². The van der Waals surface area contributed by atoms with E-state index in [0.29, 0.717) is 12.8 Å². The lowest BCUT2D eigenvalue weighted by atomic mass is 9.83. The lowest BCUT2D eigenvalue weighted by Gasteiger charge is -2.26. The summed E-state index contributed by atoms with van der Waals surface area (Å²) in [7, 11) is 0. The fraction of sp³-hybridized carbons (Fsp3) is 0.826. The average molecular weight is 381 g/mol. The number of aliphatic carboxylic acids is 1. The highest BCUT2D eigenvalue weighted by molar-refractivity contribution is 5.81. The van der Waals surface area contributed by atoms with Gasteiger partial charge in [-0.15, -0.1) is 0 Å². The molecule has 0 heterocycles. The van der Waals surface area contributed by atoms with Gasteiger partial charge in [0.1, 0.15) is 6.10 Å². The topological polar surface area (TPSA) is 63.6 Å². The SMILES string of the molecule is CCCCCCCCCCCCC(CC)OC(=O)C1CC=CCC1C(=O)O. The average Bonchev–Trinajstić information content (AvgIpc) is 2.68. The number of carbonyl (C=O) groups excluding carboxylic acids is 1. The van der Waals surface area contributed by atoms with Gasteiger partial charge in [0.2, 0.25) is 0 Å². The van der Waals surface area contributed by atoms with Gasteiger partial charge in [-0.1, -0.05) is 83.8 Å². The number of esters is 1. The first kappa shape index (κ1) is 23.7. The van der Waals surface area contributed by atoms with Crippen LogP contribution in [0.2, 0.25) is 0 Å². The minimum Gasteiger partial charge on any atom is -0.481 e. The van der Waals surface area contributed by atoms with Gasteiger partial charge in [-0.25, -0.2) is 0 Å². The highest BCUT2D eigenvalue weighted by atomic mass is 16.5. The largest absolute Gasteiger partial charge is 0.481 e. The van der Waals surface area contributed by atoms with Crippen LogP contribution in [0.5, 0.6) is 0 Å². The van der Waals surface area contributed by atoms with E-state index >= 15 is 0 Å². The summed E-state index contributed by atoms with van der Waals surface area (Å²) in [6.07, 6.45) is 19.2. The van der Waals surface area contributed by atoms with Gasteiger partial charge in [0.05, 0.1) is 11.8 Å². The molecule has 4 nitrogen and oxygen atoms in total. The molecule has 0 saturated carbocycles. The molecule has 156 valence electrons. The Bertz CT molecular complexity index is 444. The highest BCUT2D eigenvalue weighted by Crippen LogP contribution is 2.28. The number of allylic oxidation sites excluding steroid dienone is 2. The minimum absolute atomic E-state index is 0.0769. The van der Waals surface area contributed by atoms with E-state index in [2.05, 4.69) is 6.92 Å². The van der Waals surface area contributed by atoms with E-state index in [1.807, 2.05) is 19.1 Å². The van der Waals surface area contributed by atoms with Crippen molar-refractivity contribution in [3.63, 3.8) is 0 Å². The lowest BCUT2D eigenvalue weighted by molar-refractivity contribution is -0.162. The van der Waals surface area contributed by atoms with Crippen LogP contribution in [0.3, 0.4) is 0 Å². The van der Waals surface area contributed by atoms with E-state index in [4.69, 9.17) is 4.74 Å². The van der Waals surface area contributed by atoms with Gasteiger partial charge in [0, 0.05) is 0 Å². The number of ether oxygens (including phenoxy) is 1. The molecule has 1 aliphatic rings. The Morgan fingerprint density at radius 1 is 0.889 bits per heavy atom. The predicted molar refractivity (Wildman–Crippen MR) is 110 cm³/mol. The monoisotopic (exact) mass is 380 g/mol. The first-order valence-corrected chi connectivity index (χ1v) is 11.2. The second-order valence-electron chi connectivity index (χ2n) is 7.93. The molecule has 1 N–H and O–H groups in total. The van der Waals surface area contributed by atoms with Crippen molar-refractivity contribution >= 4 is 11.9 Å². The Morgan fingerprint density at radius 3 is 1.93 bits per heavy atom. The maximum atomic E-state index is 12.4. The molecule has 0 fully saturated rings. The van der Waals surface area contributed by atoms with Gasteiger partial charge in [0.25, 0.3) is 0 Å². The van der Waals surface area contributed by atoms with E-state index < -0.39 is 17.8 Å². The molecular formula is C23H40O4. The normalized spacial score (nSPS) is 20.4. The molecule has 0 amide bonds. The van der Waals surface area contributed by atoms with Gasteiger partial charge >= 0.3 is 11.9 Å². The van der Waals surface area contributed by atoms with Crippen LogP contribution in [-0.4, -0.2) is 23.1 Å². The second-order valence-corrected chi connectivity index (χ2v) is 7.93. The minimum atomic E-state index is -0.899. The summed E-state index contributed by atoms with van der Waals surface area (Å²) in [4.78, 5) is 23.8. The van der Waals surface area contributed by atoms with Crippen LogP contribution in [0.4, 0.5) is 0 Å². The Kier molecular flexibility index (Phi) is 12.9. The van der Waals surface area contributed by atoms with Crippen molar-refractivity contribution < 1.29 is 19.4 Å². The maximum absolute atomic E-state index is 12.4. The van der Waals surface area contributed by atoms with Crippen LogP contribution in [0.15, 0.2) is 12.2 Å². The van der Waals surface area contributed by atoms with E-state index in [0.717, 1.165) is 19.3 Å². The molecular weight excluding hydrogens is 340 g/mol. The van der Waals surface area contributed by atoms with E-state index in [9.17, 15) is 14.7 Å². The molecule has 27 heavy (non-hydrogen) atoms. The van der Waals surface area contributed by atoms with Crippen molar-refractivity contribution in [2.24, 2.45) is 11.8 Å². The number of unbranched alkanes of at least 4 members (excludes halogenated alkanes) is 9. The molecule has 4 heteroatoms. The highest BCUT2D eigenvalue weighted by Gasteiger charge is 2.35. The number of carbonyl (C=O) groups is 2. The van der Waals surface area contributed by atoms with Gasteiger partial charge in [-0.05, 0) is 32.1 Å². The molecule has 0 saturated heterocycles. The summed E-state index contributed by atoms with van der Waals surface area (Å²) in [6.45, 7) is 4.28. The molecule has 0 aliphatic heterocycles. The van der Waals surface area contributed by atoms with Crippen LogP contribution >= 0.6 is 0 Å². The van der Waals surface area contributed by atoms with Crippen LogP contribution < -0.4 is 0 Å². The summed E-state index contributed by atoms with van der Waals surface area (Å²) in [5.74, 6) is -2.40. The fourth-order valence-corrected chi connectivity index (χ4v) is 3.81. The second kappa shape index (κ2) is 14.7. The standard InChI is InChI=1S/C23H40O4/c1-3-5-6-7-8-9-10-11-12-13-16-19(4-2)27-23(26)21-18-15-14-17-20(21)22(24)25/h14-15,19-21H,3-13,16-18H2,1-2H3,(H,24,25). The first-order valence-electron chi connectivity index (χ1n) is 11.2. The van der Waals surface area contributed by atoms with Crippen molar-refractivity contribution in [3.8, 4) is 0 Å². The van der Waals surface area contributed by atoms with Crippen LogP contribution in [0, 0.1) is 11.8 Å². The third kappa shape index (κ3) is 9.97. The van der Waals surface area contributed by atoms with Crippen LogP contribution in [-0.2, 0) is 14.3 Å². The summed E-state index contributed by atoms with van der Waals surface area (Å²) in [5.41, 5.74) is 0. The third-order valence-electron chi connectivity index (χ3n) is 5.67. The fourth-order valence-electron chi connectivity index (χ4n) is 3.81. The molecule has 1 aliphatic carbocycles. The number of carboxylic acids is 1. The maximum Gasteiger partial charge on any atom is 0.310 e. The lowest BCUT2D eigenvalue weighted by Crippen LogP contribution is -2.34. The van der Waals surface area contributed by atoms with Crippen molar-refractivity contribution in [2.45, 2.75) is 110 Å². The van der Waals surface area contributed by atoms with Crippen molar-refractivity contribution in [3.05, 3.63) is 12.2 Å². The Hall–Kier alpha value is -1.32. The van der Waals surface area contributed by atoms with Gasteiger partial charge in [0.15, 0.2) is 0 Å². The molecule has 0 radical (unpaired) electrons. The van der Waals surface area contributed by atoms with E-state index in [1.54, 1.807) is 0 Å². The number of rotatable bonds is 15. The Balaban J connectivity index is 2.17. The van der Waals surface area contributed by atoms with Crippen molar-refractivity contribution in [2.75, 3.05) is 0 Å². The molecule has 1 rings (SSSR count). The summed E-state index contributed by atoms with van der Waals surface area (Å²) >= 11 is 0. The zero-order chi connectivity index (χ0) is 19.9. The number of hydrogen-bond donors (Lipinski definition) is 1. The smallest absolute Gasteiger partial charge is 0.310 e. The van der Waals surface area contributed by atoms with Gasteiger partial charge in [-0.2, -0.15) is 0 Å². The Morgan fingerprint density at radius 2 is 1.41 bits per heavy atom. The first-order chi connectivity index (χ1) is 13.1. The van der Waals surface area contributed by atoms with E-state index in [-0.39, 0.29) is 12.1 Å².